The highest BCUT2D eigenvalue weighted by Crippen LogP contribution is 2.50. The molecule has 0 bridgehead atoms. The normalized spacial score (nSPS) is 19.0. The van der Waals surface area contributed by atoms with Crippen LogP contribution in [0.15, 0.2) is 48.5 Å². The van der Waals surface area contributed by atoms with Gasteiger partial charge in [0.05, 0.1) is 30.7 Å². The molecule has 1 N–H and O–H groups in total. The molecule has 2 amide bonds. The standard InChI is InChI=1S/C25H28N2O5/c1-31-16-15-27-23(29)20-8-4-3-7-19(20)21(25(27)13-5-6-14-25)22(28)26-18-11-9-17(10-12-18)24(30)32-2/h3-4,7-12,21H,5-6,13-16H2,1-2H3,(H,26,28)/t21-/m0/s1. The topological polar surface area (TPSA) is 84.9 Å². The van der Waals surface area contributed by atoms with Crippen molar-refractivity contribution in [1.29, 1.82) is 0 Å². The zero-order valence-corrected chi connectivity index (χ0v) is 18.4. The fraction of sp³-hybridized carbons (Fsp3) is 0.400. The van der Waals surface area contributed by atoms with Crippen molar-refractivity contribution in [3.8, 4) is 0 Å². The Hall–Kier alpha value is -3.19. The predicted molar refractivity (Wildman–Crippen MR) is 120 cm³/mol. The molecule has 1 atom stereocenters. The summed E-state index contributed by atoms with van der Waals surface area (Å²) in [6.45, 7) is 0.861. The monoisotopic (exact) mass is 436 g/mol. The zero-order chi connectivity index (χ0) is 22.7. The van der Waals surface area contributed by atoms with Gasteiger partial charge in [-0.05, 0) is 48.7 Å². The molecule has 168 valence electrons. The fourth-order valence-electron chi connectivity index (χ4n) is 5.20. The lowest BCUT2D eigenvalue weighted by Gasteiger charge is -2.50. The molecule has 2 aromatic rings. The first-order valence-electron chi connectivity index (χ1n) is 10.9. The summed E-state index contributed by atoms with van der Waals surface area (Å²) in [6, 6.07) is 14.0. The van der Waals surface area contributed by atoms with E-state index in [0.29, 0.717) is 30.0 Å². The maximum Gasteiger partial charge on any atom is 0.337 e. The third-order valence-electron chi connectivity index (χ3n) is 6.65. The first-order chi connectivity index (χ1) is 15.5. The molecular weight excluding hydrogens is 408 g/mol. The molecular formula is C25H28N2O5. The minimum absolute atomic E-state index is 0.0361. The van der Waals surface area contributed by atoms with Gasteiger partial charge >= 0.3 is 5.97 Å². The van der Waals surface area contributed by atoms with Crippen LogP contribution in [-0.2, 0) is 14.3 Å². The molecule has 0 unspecified atom stereocenters. The van der Waals surface area contributed by atoms with Crippen molar-refractivity contribution in [3.05, 3.63) is 65.2 Å². The van der Waals surface area contributed by atoms with Crippen molar-refractivity contribution in [2.45, 2.75) is 37.1 Å². The Morgan fingerprint density at radius 1 is 1.06 bits per heavy atom. The molecule has 32 heavy (non-hydrogen) atoms. The van der Waals surface area contributed by atoms with E-state index in [1.807, 2.05) is 23.1 Å². The van der Waals surface area contributed by atoms with E-state index in [0.717, 1.165) is 31.2 Å². The maximum atomic E-state index is 13.7. The van der Waals surface area contributed by atoms with Crippen LogP contribution in [0.4, 0.5) is 5.69 Å². The molecule has 1 heterocycles. The number of ether oxygens (including phenoxy) is 2. The van der Waals surface area contributed by atoms with E-state index in [1.165, 1.54) is 7.11 Å². The quantitative estimate of drug-likeness (QED) is 0.700. The first-order valence-corrected chi connectivity index (χ1v) is 10.9. The van der Waals surface area contributed by atoms with E-state index >= 15 is 0 Å². The van der Waals surface area contributed by atoms with Crippen molar-refractivity contribution in [2.75, 3.05) is 32.7 Å². The molecule has 1 spiro atoms. The number of carbonyl (C=O) groups excluding carboxylic acids is 3. The Labute approximate surface area is 187 Å². The van der Waals surface area contributed by atoms with Crippen LogP contribution in [0.3, 0.4) is 0 Å². The highest BCUT2D eigenvalue weighted by Gasteiger charge is 2.55. The Balaban J connectivity index is 1.71. The third-order valence-corrected chi connectivity index (χ3v) is 6.65. The summed E-state index contributed by atoms with van der Waals surface area (Å²) in [6.07, 6.45) is 3.49. The van der Waals surface area contributed by atoms with Crippen LogP contribution in [0.5, 0.6) is 0 Å². The van der Waals surface area contributed by atoms with Gasteiger partial charge in [0.1, 0.15) is 0 Å². The maximum absolute atomic E-state index is 13.7. The number of methoxy groups -OCH3 is 2. The number of amides is 2. The lowest BCUT2D eigenvalue weighted by molar-refractivity contribution is -0.121. The highest BCUT2D eigenvalue weighted by molar-refractivity contribution is 6.05. The molecule has 1 aliphatic carbocycles. The van der Waals surface area contributed by atoms with Crippen molar-refractivity contribution in [3.63, 3.8) is 0 Å². The number of hydrogen-bond donors (Lipinski definition) is 1. The molecule has 1 saturated carbocycles. The Kier molecular flexibility index (Phi) is 6.28. The van der Waals surface area contributed by atoms with Gasteiger partial charge in [-0.25, -0.2) is 4.79 Å². The van der Waals surface area contributed by atoms with E-state index in [4.69, 9.17) is 9.47 Å². The molecule has 0 aromatic heterocycles. The van der Waals surface area contributed by atoms with Crippen LogP contribution < -0.4 is 5.32 Å². The van der Waals surface area contributed by atoms with Gasteiger partial charge in [0.25, 0.3) is 5.91 Å². The second kappa shape index (κ2) is 9.12. The van der Waals surface area contributed by atoms with E-state index in [2.05, 4.69) is 5.32 Å². The number of nitrogens with zero attached hydrogens (tertiary/aromatic N) is 1. The van der Waals surface area contributed by atoms with Crippen molar-refractivity contribution < 1.29 is 23.9 Å². The molecule has 0 saturated heterocycles. The molecule has 7 nitrogen and oxygen atoms in total. The molecule has 1 aliphatic heterocycles. The van der Waals surface area contributed by atoms with Gasteiger partial charge < -0.3 is 19.7 Å². The van der Waals surface area contributed by atoms with Gasteiger partial charge in [0.15, 0.2) is 0 Å². The van der Waals surface area contributed by atoms with Gasteiger partial charge in [-0.2, -0.15) is 0 Å². The van der Waals surface area contributed by atoms with Crippen molar-refractivity contribution in [2.24, 2.45) is 0 Å². The Morgan fingerprint density at radius 2 is 1.75 bits per heavy atom. The van der Waals surface area contributed by atoms with Crippen LogP contribution in [0.1, 0.15) is 57.9 Å². The van der Waals surface area contributed by atoms with Crippen LogP contribution >= 0.6 is 0 Å². The number of esters is 1. The Morgan fingerprint density at radius 3 is 2.41 bits per heavy atom. The van der Waals surface area contributed by atoms with E-state index in [9.17, 15) is 14.4 Å². The molecule has 2 aliphatic rings. The molecule has 7 heteroatoms. The first kappa shape index (κ1) is 22.0. The number of rotatable bonds is 6. The molecule has 4 rings (SSSR count). The van der Waals surface area contributed by atoms with E-state index < -0.39 is 17.4 Å². The number of nitrogens with one attached hydrogen (secondary N) is 1. The summed E-state index contributed by atoms with van der Waals surface area (Å²) >= 11 is 0. The third kappa shape index (κ3) is 3.77. The summed E-state index contributed by atoms with van der Waals surface area (Å²) in [5.74, 6) is -1.11. The second-order valence-corrected chi connectivity index (χ2v) is 8.34. The fourth-order valence-corrected chi connectivity index (χ4v) is 5.20. The number of carbonyl (C=O) groups is 3. The van der Waals surface area contributed by atoms with E-state index in [-0.39, 0.29) is 11.8 Å². The van der Waals surface area contributed by atoms with Gasteiger partial charge in [0, 0.05) is 24.9 Å². The smallest absolute Gasteiger partial charge is 0.337 e. The summed E-state index contributed by atoms with van der Waals surface area (Å²) in [5, 5.41) is 3.02. The van der Waals surface area contributed by atoms with Crippen LogP contribution in [0.2, 0.25) is 0 Å². The lowest BCUT2D eigenvalue weighted by atomic mass is 9.71. The van der Waals surface area contributed by atoms with Crippen molar-refractivity contribution >= 4 is 23.5 Å². The highest BCUT2D eigenvalue weighted by atomic mass is 16.5. The largest absolute Gasteiger partial charge is 0.465 e. The van der Waals surface area contributed by atoms with Crippen LogP contribution in [0, 0.1) is 0 Å². The summed E-state index contributed by atoms with van der Waals surface area (Å²) in [4.78, 5) is 40.7. The zero-order valence-electron chi connectivity index (χ0n) is 18.4. The van der Waals surface area contributed by atoms with Crippen LogP contribution in [-0.4, -0.2) is 55.6 Å². The van der Waals surface area contributed by atoms with Crippen molar-refractivity contribution in [1.82, 2.24) is 4.90 Å². The number of benzene rings is 2. The van der Waals surface area contributed by atoms with Crippen LogP contribution in [0.25, 0.3) is 0 Å². The Bertz CT molecular complexity index is 1010. The summed E-state index contributed by atoms with van der Waals surface area (Å²) in [5.41, 5.74) is 1.78. The summed E-state index contributed by atoms with van der Waals surface area (Å²) in [7, 11) is 2.95. The number of hydrogen-bond acceptors (Lipinski definition) is 5. The predicted octanol–water partition coefficient (Wildman–Crippen LogP) is 3.61. The SMILES string of the molecule is COCCN1C(=O)c2ccccc2[C@@H](C(=O)Nc2ccc(C(=O)OC)cc2)C12CCCC2. The molecule has 2 aromatic carbocycles. The van der Waals surface area contributed by atoms with Gasteiger partial charge in [-0.1, -0.05) is 31.0 Å². The molecule has 1 fully saturated rings. The average molecular weight is 437 g/mol. The minimum atomic E-state index is -0.569. The lowest BCUT2D eigenvalue weighted by Crippen LogP contribution is -2.60. The average Bonchev–Trinajstić information content (AvgIpc) is 3.29. The van der Waals surface area contributed by atoms with Gasteiger partial charge in [-0.3, -0.25) is 9.59 Å². The van der Waals surface area contributed by atoms with E-state index in [1.54, 1.807) is 37.4 Å². The number of anilines is 1. The second-order valence-electron chi connectivity index (χ2n) is 8.34. The molecule has 0 radical (unpaired) electrons. The van der Waals surface area contributed by atoms with Gasteiger partial charge in [-0.15, -0.1) is 0 Å². The minimum Gasteiger partial charge on any atom is -0.465 e. The summed E-state index contributed by atoms with van der Waals surface area (Å²) < 4.78 is 10.0. The van der Waals surface area contributed by atoms with Gasteiger partial charge in [0.2, 0.25) is 5.91 Å². The number of fused-ring (bicyclic) bond motifs is 1.